The van der Waals surface area contributed by atoms with Crippen LogP contribution in [0.4, 0.5) is 0 Å². The lowest BCUT2D eigenvalue weighted by Crippen LogP contribution is -1.75. The van der Waals surface area contributed by atoms with Crippen molar-refractivity contribution in [3.05, 3.63) is 24.2 Å². The molecule has 1 nitrogen and oxygen atoms in total. The molecule has 0 aliphatic carbocycles. The van der Waals surface area contributed by atoms with Gasteiger partial charge in [0.15, 0.2) is 0 Å². The Hall–Kier alpha value is -0.370. The van der Waals surface area contributed by atoms with Crippen molar-refractivity contribution in [2.45, 2.75) is 12.2 Å². The van der Waals surface area contributed by atoms with Crippen LogP contribution in [-0.4, -0.2) is 0 Å². The van der Waals surface area contributed by atoms with Gasteiger partial charge >= 0.3 is 0 Å². The normalized spacial score (nSPS) is 13.8. The van der Waals surface area contributed by atoms with E-state index in [1.807, 2.05) is 13.0 Å². The largest absolute Gasteiger partial charge is 0.472 e. The number of thiol groups is 1. The van der Waals surface area contributed by atoms with Crippen LogP contribution in [0.3, 0.4) is 0 Å². The zero-order valence-electron chi connectivity index (χ0n) is 4.66. The highest BCUT2D eigenvalue weighted by Gasteiger charge is 1.97. The number of furan rings is 1. The van der Waals surface area contributed by atoms with Crippen molar-refractivity contribution in [1.29, 1.82) is 0 Å². The highest BCUT2D eigenvalue weighted by molar-refractivity contribution is 7.80. The Morgan fingerprint density at radius 1 is 1.75 bits per heavy atom. The zero-order valence-corrected chi connectivity index (χ0v) is 5.56. The van der Waals surface area contributed by atoms with E-state index in [0.29, 0.717) is 0 Å². The molecule has 2 heteroatoms. The van der Waals surface area contributed by atoms with E-state index in [4.69, 9.17) is 4.42 Å². The van der Waals surface area contributed by atoms with Crippen molar-refractivity contribution in [3.63, 3.8) is 0 Å². The van der Waals surface area contributed by atoms with Crippen LogP contribution in [0, 0.1) is 0 Å². The van der Waals surface area contributed by atoms with Gasteiger partial charge in [-0.2, -0.15) is 12.6 Å². The molecule has 44 valence electrons. The molecular weight excluding hydrogens is 120 g/mol. The summed E-state index contributed by atoms with van der Waals surface area (Å²) in [5.41, 5.74) is 1.13. The molecule has 0 radical (unpaired) electrons. The maximum absolute atomic E-state index is 4.83. The summed E-state index contributed by atoms with van der Waals surface area (Å²) >= 11 is 4.19. The third kappa shape index (κ3) is 1.07. The second-order valence-corrected chi connectivity index (χ2v) is 2.51. The van der Waals surface area contributed by atoms with Gasteiger partial charge in [-0.3, -0.25) is 0 Å². The Balaban J connectivity index is 2.77. The first kappa shape index (κ1) is 5.76. The lowest BCUT2D eigenvalue weighted by molar-refractivity contribution is 0.564. The third-order valence-corrected chi connectivity index (χ3v) is 1.32. The van der Waals surface area contributed by atoms with Gasteiger partial charge in [-0.05, 0) is 13.0 Å². The van der Waals surface area contributed by atoms with Gasteiger partial charge in [0.05, 0.1) is 12.5 Å². The van der Waals surface area contributed by atoms with E-state index in [0.717, 1.165) is 5.56 Å². The fraction of sp³-hybridized carbons (Fsp3) is 0.333. The molecule has 0 aliphatic heterocycles. The van der Waals surface area contributed by atoms with E-state index >= 15 is 0 Å². The lowest BCUT2D eigenvalue weighted by atomic mass is 10.3. The van der Waals surface area contributed by atoms with Gasteiger partial charge in [-0.15, -0.1) is 0 Å². The second-order valence-electron chi connectivity index (χ2n) is 1.73. The van der Waals surface area contributed by atoms with Crippen LogP contribution in [-0.2, 0) is 0 Å². The molecule has 0 N–H and O–H groups in total. The zero-order chi connectivity index (χ0) is 5.98. The Kier molecular flexibility index (Phi) is 1.63. The lowest BCUT2D eigenvalue weighted by Gasteiger charge is -1.93. The first-order valence-electron chi connectivity index (χ1n) is 2.51. The van der Waals surface area contributed by atoms with E-state index in [2.05, 4.69) is 12.6 Å². The molecule has 1 aromatic heterocycles. The van der Waals surface area contributed by atoms with Crippen LogP contribution in [0.1, 0.15) is 17.7 Å². The second kappa shape index (κ2) is 2.27. The predicted molar refractivity (Wildman–Crippen MR) is 36.1 cm³/mol. The molecule has 0 bridgehead atoms. The van der Waals surface area contributed by atoms with Gasteiger partial charge < -0.3 is 4.42 Å². The minimum Gasteiger partial charge on any atom is -0.472 e. The smallest absolute Gasteiger partial charge is 0.0945 e. The summed E-state index contributed by atoms with van der Waals surface area (Å²) < 4.78 is 4.83. The summed E-state index contributed by atoms with van der Waals surface area (Å²) in [5, 5.41) is 0.286. The molecule has 1 rings (SSSR count). The molecule has 0 amide bonds. The standard InChI is InChI=1S/C6H8OS/c1-5(8)6-2-3-7-4-6/h2-5,8H,1H3. The van der Waals surface area contributed by atoms with Gasteiger partial charge in [-0.1, -0.05) is 0 Å². The van der Waals surface area contributed by atoms with E-state index in [1.54, 1.807) is 12.5 Å². The summed E-state index contributed by atoms with van der Waals surface area (Å²) in [6.07, 6.45) is 3.36. The fourth-order valence-corrected chi connectivity index (χ4v) is 0.660. The van der Waals surface area contributed by atoms with Gasteiger partial charge in [0.1, 0.15) is 0 Å². The summed E-state index contributed by atoms with van der Waals surface area (Å²) in [6, 6.07) is 1.91. The van der Waals surface area contributed by atoms with E-state index in [-0.39, 0.29) is 5.25 Å². The topological polar surface area (TPSA) is 13.1 Å². The van der Waals surface area contributed by atoms with Crippen LogP contribution in [0.5, 0.6) is 0 Å². The van der Waals surface area contributed by atoms with Crippen molar-refractivity contribution in [3.8, 4) is 0 Å². The summed E-state index contributed by atoms with van der Waals surface area (Å²) in [5.74, 6) is 0. The van der Waals surface area contributed by atoms with Crippen molar-refractivity contribution in [1.82, 2.24) is 0 Å². The monoisotopic (exact) mass is 128 g/mol. The van der Waals surface area contributed by atoms with Crippen LogP contribution in [0.2, 0.25) is 0 Å². The maximum atomic E-state index is 4.83. The highest BCUT2D eigenvalue weighted by Crippen LogP contribution is 2.17. The van der Waals surface area contributed by atoms with Crippen LogP contribution < -0.4 is 0 Å². The molecule has 1 aromatic rings. The first-order valence-corrected chi connectivity index (χ1v) is 3.02. The average Bonchev–Trinajstić information content (AvgIpc) is 2.12. The minimum absolute atomic E-state index is 0.286. The Labute approximate surface area is 54.1 Å². The Morgan fingerprint density at radius 2 is 2.50 bits per heavy atom. The number of rotatable bonds is 1. The van der Waals surface area contributed by atoms with Crippen LogP contribution >= 0.6 is 12.6 Å². The SMILES string of the molecule is CC(S)c1ccoc1. The van der Waals surface area contributed by atoms with E-state index in [1.165, 1.54) is 0 Å². The maximum Gasteiger partial charge on any atom is 0.0945 e. The summed E-state index contributed by atoms with van der Waals surface area (Å²) in [4.78, 5) is 0. The van der Waals surface area contributed by atoms with Gasteiger partial charge in [0, 0.05) is 10.8 Å². The fourth-order valence-electron chi connectivity index (χ4n) is 0.513. The van der Waals surface area contributed by atoms with Crippen molar-refractivity contribution >= 4 is 12.6 Å². The van der Waals surface area contributed by atoms with Gasteiger partial charge in [0.25, 0.3) is 0 Å². The molecule has 1 unspecified atom stereocenters. The average molecular weight is 128 g/mol. The number of hydrogen-bond donors (Lipinski definition) is 1. The van der Waals surface area contributed by atoms with Crippen molar-refractivity contribution < 1.29 is 4.42 Å². The molecule has 1 atom stereocenters. The van der Waals surface area contributed by atoms with Crippen molar-refractivity contribution in [2.24, 2.45) is 0 Å². The molecule has 0 saturated heterocycles. The van der Waals surface area contributed by atoms with Crippen molar-refractivity contribution in [2.75, 3.05) is 0 Å². The summed E-state index contributed by atoms with van der Waals surface area (Å²) in [7, 11) is 0. The Bertz CT molecular complexity index is 144. The molecule has 0 aliphatic rings. The summed E-state index contributed by atoms with van der Waals surface area (Å²) in [6.45, 7) is 2.01. The Morgan fingerprint density at radius 3 is 2.75 bits per heavy atom. The first-order chi connectivity index (χ1) is 3.80. The van der Waals surface area contributed by atoms with E-state index in [9.17, 15) is 0 Å². The van der Waals surface area contributed by atoms with Gasteiger partial charge in [-0.25, -0.2) is 0 Å². The van der Waals surface area contributed by atoms with Gasteiger partial charge in [0.2, 0.25) is 0 Å². The molecule has 0 aromatic carbocycles. The quantitative estimate of drug-likeness (QED) is 0.572. The molecule has 0 saturated carbocycles. The minimum atomic E-state index is 0.286. The molecular formula is C6H8OS. The number of hydrogen-bond acceptors (Lipinski definition) is 2. The van der Waals surface area contributed by atoms with Crippen LogP contribution in [0.15, 0.2) is 23.0 Å². The van der Waals surface area contributed by atoms with Crippen LogP contribution in [0.25, 0.3) is 0 Å². The molecule has 0 fully saturated rings. The molecule has 8 heavy (non-hydrogen) atoms. The van der Waals surface area contributed by atoms with E-state index < -0.39 is 0 Å². The molecule has 1 heterocycles. The predicted octanol–water partition coefficient (Wildman–Crippen LogP) is 2.27. The molecule has 0 spiro atoms. The third-order valence-electron chi connectivity index (χ3n) is 1.03. The highest BCUT2D eigenvalue weighted by atomic mass is 32.1.